The average Bonchev–Trinajstić information content (AvgIpc) is 3.48. The number of nitrogens with one attached hydrogen (secondary N) is 2. The van der Waals surface area contributed by atoms with Gasteiger partial charge in [0.15, 0.2) is 6.61 Å². The summed E-state index contributed by atoms with van der Waals surface area (Å²) in [5, 5.41) is 16.0. The van der Waals surface area contributed by atoms with Gasteiger partial charge in [0.05, 0.1) is 21.7 Å². The second kappa shape index (κ2) is 9.67. The zero-order chi connectivity index (χ0) is 25.2. The minimum Gasteiger partial charge on any atom is -0.484 e. The largest absolute Gasteiger partial charge is 0.484 e. The number of aromatic nitrogens is 2. The number of carbonyl (C=O) groups excluding carboxylic acids is 1. The van der Waals surface area contributed by atoms with Crippen molar-refractivity contribution in [3.63, 3.8) is 0 Å². The SMILES string of the molecule is Cc1nc(-c2coc3cc(OCC(=O)N[C@H](Cc4c[nH]c5ccccc45)C(=O)O)ccc3c2=O)cs1. The molecule has 1 atom stereocenters. The van der Waals surface area contributed by atoms with Crippen LogP contribution in [0.15, 0.2) is 69.5 Å². The third kappa shape index (κ3) is 4.71. The first-order valence-corrected chi connectivity index (χ1v) is 11.9. The van der Waals surface area contributed by atoms with Crippen LogP contribution in [0.3, 0.4) is 0 Å². The maximum absolute atomic E-state index is 12.9. The van der Waals surface area contributed by atoms with Crippen molar-refractivity contribution in [2.75, 3.05) is 6.61 Å². The van der Waals surface area contributed by atoms with Gasteiger partial charge in [-0.2, -0.15) is 0 Å². The molecule has 0 aliphatic carbocycles. The number of thiazole rings is 1. The zero-order valence-electron chi connectivity index (χ0n) is 19.1. The number of hydrogen-bond donors (Lipinski definition) is 3. The fraction of sp³-hybridized carbons (Fsp3) is 0.154. The number of carboxylic acid groups (broad SMARTS) is 1. The molecule has 0 fully saturated rings. The van der Waals surface area contributed by atoms with Gasteiger partial charge in [-0.3, -0.25) is 9.59 Å². The Morgan fingerprint density at radius 1 is 1.22 bits per heavy atom. The van der Waals surface area contributed by atoms with Gasteiger partial charge in [-0.15, -0.1) is 11.3 Å². The number of aliphatic carboxylic acids is 1. The van der Waals surface area contributed by atoms with E-state index in [1.807, 2.05) is 31.2 Å². The van der Waals surface area contributed by atoms with Crippen LogP contribution in [0, 0.1) is 6.92 Å². The van der Waals surface area contributed by atoms with Crippen LogP contribution >= 0.6 is 11.3 Å². The van der Waals surface area contributed by atoms with Gasteiger partial charge in [0.25, 0.3) is 5.91 Å². The molecule has 0 radical (unpaired) electrons. The Hall–Kier alpha value is -4.44. The summed E-state index contributed by atoms with van der Waals surface area (Å²) in [6, 6.07) is 11.1. The number of fused-ring (bicyclic) bond motifs is 2. The van der Waals surface area contributed by atoms with E-state index >= 15 is 0 Å². The average molecular weight is 504 g/mol. The molecular formula is C26H21N3O6S. The Bertz CT molecular complexity index is 1650. The third-order valence-electron chi connectivity index (χ3n) is 5.74. The molecule has 5 rings (SSSR count). The molecule has 3 heterocycles. The van der Waals surface area contributed by atoms with Crippen LogP contribution in [-0.4, -0.2) is 39.6 Å². The van der Waals surface area contributed by atoms with Gasteiger partial charge < -0.3 is 24.6 Å². The fourth-order valence-corrected chi connectivity index (χ4v) is 4.58. The molecule has 36 heavy (non-hydrogen) atoms. The Morgan fingerprint density at radius 3 is 2.83 bits per heavy atom. The molecule has 0 saturated heterocycles. The topological polar surface area (TPSA) is 135 Å². The van der Waals surface area contributed by atoms with Gasteiger partial charge in [0.1, 0.15) is 23.6 Å². The van der Waals surface area contributed by atoms with Crippen LogP contribution in [0.1, 0.15) is 10.6 Å². The zero-order valence-corrected chi connectivity index (χ0v) is 19.9. The third-order valence-corrected chi connectivity index (χ3v) is 6.52. The molecule has 3 N–H and O–H groups in total. The Labute approximate surface area is 208 Å². The fourth-order valence-electron chi connectivity index (χ4n) is 3.97. The van der Waals surface area contributed by atoms with E-state index in [0.717, 1.165) is 21.5 Å². The van der Waals surface area contributed by atoms with Crippen molar-refractivity contribution < 1.29 is 23.8 Å². The lowest BCUT2D eigenvalue weighted by atomic mass is 10.1. The van der Waals surface area contributed by atoms with Gasteiger partial charge >= 0.3 is 5.97 Å². The molecule has 0 spiro atoms. The molecule has 0 bridgehead atoms. The number of para-hydroxylation sites is 1. The summed E-state index contributed by atoms with van der Waals surface area (Å²) in [4.78, 5) is 44.5. The van der Waals surface area contributed by atoms with E-state index in [9.17, 15) is 19.5 Å². The highest BCUT2D eigenvalue weighted by Gasteiger charge is 2.22. The van der Waals surface area contributed by atoms with Gasteiger partial charge in [0, 0.05) is 35.0 Å². The van der Waals surface area contributed by atoms with Crippen LogP contribution in [0.5, 0.6) is 5.75 Å². The maximum atomic E-state index is 12.9. The first-order chi connectivity index (χ1) is 17.4. The predicted molar refractivity (Wildman–Crippen MR) is 135 cm³/mol. The Morgan fingerprint density at radius 2 is 2.06 bits per heavy atom. The number of aryl methyl sites for hydroxylation is 1. The maximum Gasteiger partial charge on any atom is 0.326 e. The number of amides is 1. The number of nitrogens with zero attached hydrogens (tertiary/aromatic N) is 1. The first-order valence-electron chi connectivity index (χ1n) is 11.1. The quantitative estimate of drug-likeness (QED) is 0.292. The van der Waals surface area contributed by atoms with Gasteiger partial charge in [0.2, 0.25) is 5.43 Å². The highest BCUT2D eigenvalue weighted by Crippen LogP contribution is 2.24. The molecule has 5 aromatic rings. The molecule has 182 valence electrons. The number of carbonyl (C=O) groups is 2. The summed E-state index contributed by atoms with van der Waals surface area (Å²) in [7, 11) is 0. The molecule has 2 aromatic carbocycles. The molecule has 0 unspecified atom stereocenters. The molecule has 0 saturated carbocycles. The minimum absolute atomic E-state index is 0.118. The predicted octanol–water partition coefficient (Wildman–Crippen LogP) is 3.90. The smallest absolute Gasteiger partial charge is 0.326 e. The Kier molecular flexibility index (Phi) is 6.26. The number of hydrogen-bond acceptors (Lipinski definition) is 7. The molecule has 3 aromatic heterocycles. The lowest BCUT2D eigenvalue weighted by Gasteiger charge is -2.15. The molecular weight excluding hydrogens is 482 g/mol. The van der Waals surface area contributed by atoms with Gasteiger partial charge in [-0.25, -0.2) is 9.78 Å². The summed E-state index contributed by atoms with van der Waals surface area (Å²) in [5.41, 5.74) is 2.70. The number of carboxylic acids is 1. The lowest BCUT2D eigenvalue weighted by Crippen LogP contribution is -2.44. The van der Waals surface area contributed by atoms with E-state index in [-0.39, 0.29) is 11.8 Å². The van der Waals surface area contributed by atoms with Crippen molar-refractivity contribution in [3.8, 4) is 17.0 Å². The van der Waals surface area contributed by atoms with Crippen molar-refractivity contribution in [3.05, 3.63) is 81.1 Å². The summed E-state index contributed by atoms with van der Waals surface area (Å²) in [6.45, 7) is 1.46. The number of aromatic amines is 1. The summed E-state index contributed by atoms with van der Waals surface area (Å²) in [6.07, 6.45) is 3.22. The van der Waals surface area contributed by atoms with Crippen molar-refractivity contribution in [1.82, 2.24) is 15.3 Å². The number of rotatable bonds is 8. The lowest BCUT2D eigenvalue weighted by molar-refractivity contribution is -0.142. The number of benzene rings is 2. The normalized spacial score (nSPS) is 12.0. The van der Waals surface area contributed by atoms with Crippen molar-refractivity contribution in [2.45, 2.75) is 19.4 Å². The van der Waals surface area contributed by atoms with Crippen LogP contribution < -0.4 is 15.5 Å². The Balaban J connectivity index is 1.25. The molecule has 0 aliphatic heterocycles. The van der Waals surface area contributed by atoms with Crippen LogP contribution in [0.4, 0.5) is 0 Å². The number of ether oxygens (including phenoxy) is 1. The molecule has 10 heteroatoms. The van der Waals surface area contributed by atoms with E-state index in [2.05, 4.69) is 15.3 Å². The standard InChI is InChI=1S/C26H21N3O6S/c1-14-28-22(13-36-14)19-11-35-23-9-16(6-7-18(23)25(19)31)34-12-24(30)29-21(26(32)33)8-15-10-27-20-5-3-2-4-17(15)20/h2-7,9-11,13,21,27H,8,12H2,1H3,(H,29,30)(H,32,33)/t21-/m1/s1. The second-order valence-electron chi connectivity index (χ2n) is 8.20. The van der Waals surface area contributed by atoms with E-state index < -0.39 is 24.5 Å². The van der Waals surface area contributed by atoms with Crippen molar-refractivity contribution in [2.24, 2.45) is 0 Å². The summed E-state index contributed by atoms with van der Waals surface area (Å²) < 4.78 is 11.2. The van der Waals surface area contributed by atoms with Crippen LogP contribution in [-0.2, 0) is 16.0 Å². The minimum atomic E-state index is -1.15. The van der Waals surface area contributed by atoms with Crippen molar-refractivity contribution >= 4 is 45.1 Å². The molecule has 9 nitrogen and oxygen atoms in total. The second-order valence-corrected chi connectivity index (χ2v) is 9.26. The molecule has 1 amide bonds. The van der Waals surface area contributed by atoms with E-state index in [0.29, 0.717) is 28.0 Å². The summed E-state index contributed by atoms with van der Waals surface area (Å²) in [5.74, 6) is -1.42. The van der Waals surface area contributed by atoms with Crippen LogP contribution in [0.2, 0.25) is 0 Å². The molecule has 0 aliphatic rings. The monoisotopic (exact) mass is 503 g/mol. The number of H-pyrrole nitrogens is 1. The van der Waals surface area contributed by atoms with Crippen molar-refractivity contribution in [1.29, 1.82) is 0 Å². The highest BCUT2D eigenvalue weighted by molar-refractivity contribution is 7.09. The van der Waals surface area contributed by atoms with Gasteiger partial charge in [-0.05, 0) is 30.7 Å². The van der Waals surface area contributed by atoms with E-state index in [4.69, 9.17) is 9.15 Å². The first kappa shape index (κ1) is 23.3. The highest BCUT2D eigenvalue weighted by atomic mass is 32.1. The van der Waals surface area contributed by atoms with Gasteiger partial charge in [-0.1, -0.05) is 18.2 Å². The van der Waals surface area contributed by atoms with E-state index in [1.54, 1.807) is 23.7 Å². The van der Waals surface area contributed by atoms with E-state index in [1.165, 1.54) is 23.7 Å². The van der Waals surface area contributed by atoms with Crippen LogP contribution in [0.25, 0.3) is 33.1 Å². The summed E-state index contributed by atoms with van der Waals surface area (Å²) >= 11 is 1.44.